The summed E-state index contributed by atoms with van der Waals surface area (Å²) in [4.78, 5) is 12.1. The molecule has 0 radical (unpaired) electrons. The van der Waals surface area contributed by atoms with Gasteiger partial charge in [0.15, 0.2) is 0 Å². The summed E-state index contributed by atoms with van der Waals surface area (Å²) >= 11 is 0. The number of carbonyl (C=O) groups excluding carboxylic acids is 1. The first-order valence-electron chi connectivity index (χ1n) is 6.90. The minimum Gasteiger partial charge on any atom is -0.383 e. The van der Waals surface area contributed by atoms with Crippen molar-refractivity contribution < 1.29 is 17.9 Å². The second kappa shape index (κ2) is 8.84. The molecular formula is C14H23N3O4S. The van der Waals surface area contributed by atoms with Crippen molar-refractivity contribution in [2.45, 2.75) is 4.90 Å². The Labute approximate surface area is 131 Å². The number of sulfonamides is 1. The number of amides is 1. The van der Waals surface area contributed by atoms with Crippen LogP contribution in [0.25, 0.3) is 0 Å². The fraction of sp³-hybridized carbons (Fsp3) is 0.500. The first-order valence-corrected chi connectivity index (χ1v) is 8.34. The molecule has 7 nitrogen and oxygen atoms in total. The van der Waals surface area contributed by atoms with E-state index in [1.807, 2.05) is 0 Å². The van der Waals surface area contributed by atoms with Gasteiger partial charge in [-0.15, -0.1) is 0 Å². The van der Waals surface area contributed by atoms with Gasteiger partial charge in [-0.25, -0.2) is 12.7 Å². The average Bonchev–Trinajstić information content (AvgIpc) is 2.50. The van der Waals surface area contributed by atoms with Gasteiger partial charge >= 0.3 is 0 Å². The van der Waals surface area contributed by atoms with Gasteiger partial charge in [-0.1, -0.05) is 6.07 Å². The molecule has 22 heavy (non-hydrogen) atoms. The zero-order chi connectivity index (χ0) is 16.6. The van der Waals surface area contributed by atoms with E-state index in [1.165, 1.54) is 26.2 Å². The van der Waals surface area contributed by atoms with Crippen molar-refractivity contribution in [3.63, 3.8) is 0 Å². The highest BCUT2D eigenvalue weighted by atomic mass is 32.2. The van der Waals surface area contributed by atoms with Gasteiger partial charge in [0.1, 0.15) is 0 Å². The van der Waals surface area contributed by atoms with Crippen LogP contribution >= 0.6 is 0 Å². The maximum atomic E-state index is 12.0. The molecule has 1 amide bonds. The molecule has 0 aliphatic carbocycles. The van der Waals surface area contributed by atoms with Crippen LogP contribution in [0.4, 0.5) is 0 Å². The Morgan fingerprint density at radius 3 is 2.59 bits per heavy atom. The van der Waals surface area contributed by atoms with Crippen molar-refractivity contribution in [3.05, 3.63) is 29.8 Å². The number of methoxy groups -OCH3 is 1. The number of carbonyl (C=O) groups is 1. The van der Waals surface area contributed by atoms with Crippen LogP contribution in [0, 0.1) is 0 Å². The highest BCUT2D eigenvalue weighted by molar-refractivity contribution is 7.89. The number of nitrogens with zero attached hydrogens (tertiary/aromatic N) is 1. The standard InChI is InChI=1S/C14H23N3O4S/c1-17(2)22(19,20)13-6-4-5-12(11-13)14(18)16-8-7-15-9-10-21-3/h4-6,11,15H,7-10H2,1-3H3,(H,16,18). The molecule has 0 aromatic heterocycles. The van der Waals surface area contributed by atoms with Gasteiger partial charge in [0.2, 0.25) is 10.0 Å². The zero-order valence-electron chi connectivity index (χ0n) is 13.1. The van der Waals surface area contributed by atoms with E-state index in [-0.39, 0.29) is 10.8 Å². The molecule has 1 aromatic carbocycles. The van der Waals surface area contributed by atoms with E-state index in [2.05, 4.69) is 10.6 Å². The molecule has 1 aromatic rings. The number of hydrogen-bond acceptors (Lipinski definition) is 5. The molecule has 0 saturated heterocycles. The summed E-state index contributed by atoms with van der Waals surface area (Å²) in [7, 11) is 0.986. The van der Waals surface area contributed by atoms with E-state index >= 15 is 0 Å². The van der Waals surface area contributed by atoms with Crippen LogP contribution in [-0.4, -0.2) is 66.1 Å². The number of rotatable bonds is 9. The highest BCUT2D eigenvalue weighted by Crippen LogP contribution is 2.14. The molecule has 0 spiro atoms. The van der Waals surface area contributed by atoms with Crippen LogP contribution in [-0.2, 0) is 14.8 Å². The third kappa shape index (κ3) is 5.38. The van der Waals surface area contributed by atoms with Crippen LogP contribution in [0.1, 0.15) is 10.4 Å². The predicted molar refractivity (Wildman–Crippen MR) is 84.4 cm³/mol. The molecule has 0 aliphatic heterocycles. The molecule has 0 heterocycles. The maximum absolute atomic E-state index is 12.0. The smallest absolute Gasteiger partial charge is 0.251 e. The lowest BCUT2D eigenvalue weighted by molar-refractivity contribution is 0.0953. The Kier molecular flexibility index (Phi) is 7.46. The van der Waals surface area contributed by atoms with E-state index in [1.54, 1.807) is 19.2 Å². The van der Waals surface area contributed by atoms with Crippen molar-refractivity contribution in [2.75, 3.05) is 47.4 Å². The predicted octanol–water partition coefficient (Wildman–Crippen LogP) is -0.0973. The average molecular weight is 329 g/mol. The van der Waals surface area contributed by atoms with Gasteiger partial charge in [-0.2, -0.15) is 0 Å². The van der Waals surface area contributed by atoms with E-state index in [4.69, 9.17) is 4.74 Å². The summed E-state index contributed by atoms with van der Waals surface area (Å²) in [5, 5.41) is 5.83. The Morgan fingerprint density at radius 1 is 1.23 bits per heavy atom. The van der Waals surface area contributed by atoms with E-state index in [0.29, 0.717) is 31.8 Å². The maximum Gasteiger partial charge on any atom is 0.251 e. The quantitative estimate of drug-likeness (QED) is 0.618. The van der Waals surface area contributed by atoms with Crippen molar-refractivity contribution >= 4 is 15.9 Å². The molecule has 0 unspecified atom stereocenters. The van der Waals surface area contributed by atoms with Crippen molar-refractivity contribution in [3.8, 4) is 0 Å². The lowest BCUT2D eigenvalue weighted by atomic mass is 10.2. The lowest BCUT2D eigenvalue weighted by Gasteiger charge is -2.12. The summed E-state index contributed by atoms with van der Waals surface area (Å²) in [6.07, 6.45) is 0. The normalized spacial score (nSPS) is 11.6. The molecule has 0 bridgehead atoms. The third-order valence-corrected chi connectivity index (χ3v) is 4.76. The van der Waals surface area contributed by atoms with Crippen LogP contribution < -0.4 is 10.6 Å². The molecule has 1 rings (SSSR count). The first-order chi connectivity index (χ1) is 10.4. The number of benzene rings is 1. The molecule has 0 aliphatic rings. The number of nitrogens with one attached hydrogen (secondary N) is 2. The summed E-state index contributed by atoms with van der Waals surface area (Å²) in [5.41, 5.74) is 0.319. The molecule has 2 N–H and O–H groups in total. The Morgan fingerprint density at radius 2 is 1.95 bits per heavy atom. The molecule has 8 heteroatoms. The van der Waals surface area contributed by atoms with Crippen LogP contribution in [0.5, 0.6) is 0 Å². The molecule has 0 saturated carbocycles. The number of hydrogen-bond donors (Lipinski definition) is 2. The zero-order valence-corrected chi connectivity index (χ0v) is 13.9. The van der Waals surface area contributed by atoms with Gasteiger partial charge in [0, 0.05) is 46.4 Å². The highest BCUT2D eigenvalue weighted by Gasteiger charge is 2.18. The van der Waals surface area contributed by atoms with Crippen molar-refractivity contribution in [2.24, 2.45) is 0 Å². The summed E-state index contributed by atoms with van der Waals surface area (Å²) in [6.45, 7) is 2.39. The second-order valence-electron chi connectivity index (χ2n) is 4.81. The van der Waals surface area contributed by atoms with Gasteiger partial charge in [0.25, 0.3) is 5.91 Å². The van der Waals surface area contributed by atoms with Crippen molar-refractivity contribution in [1.29, 1.82) is 0 Å². The second-order valence-corrected chi connectivity index (χ2v) is 6.97. The summed E-state index contributed by atoms with van der Waals surface area (Å²) < 4.78 is 30.1. The largest absolute Gasteiger partial charge is 0.383 e. The van der Waals surface area contributed by atoms with E-state index in [9.17, 15) is 13.2 Å². The first kappa shape index (κ1) is 18.6. The fourth-order valence-corrected chi connectivity index (χ4v) is 2.62. The molecular weight excluding hydrogens is 306 g/mol. The fourth-order valence-electron chi connectivity index (χ4n) is 1.67. The lowest BCUT2D eigenvalue weighted by Crippen LogP contribution is -2.33. The van der Waals surface area contributed by atoms with Gasteiger partial charge in [0.05, 0.1) is 11.5 Å². The van der Waals surface area contributed by atoms with E-state index < -0.39 is 10.0 Å². The van der Waals surface area contributed by atoms with Crippen molar-refractivity contribution in [1.82, 2.24) is 14.9 Å². The summed E-state index contributed by atoms with van der Waals surface area (Å²) in [5.74, 6) is -0.302. The minimum atomic E-state index is -3.54. The van der Waals surface area contributed by atoms with Gasteiger partial charge in [-0.05, 0) is 18.2 Å². The monoisotopic (exact) mass is 329 g/mol. The van der Waals surface area contributed by atoms with Crippen LogP contribution in [0.15, 0.2) is 29.2 Å². The molecule has 0 fully saturated rings. The third-order valence-electron chi connectivity index (χ3n) is 2.95. The van der Waals surface area contributed by atoms with Gasteiger partial charge in [-0.3, -0.25) is 4.79 Å². The molecule has 0 atom stereocenters. The van der Waals surface area contributed by atoms with E-state index in [0.717, 1.165) is 4.31 Å². The summed E-state index contributed by atoms with van der Waals surface area (Å²) in [6, 6.07) is 5.99. The van der Waals surface area contributed by atoms with Crippen LogP contribution in [0.2, 0.25) is 0 Å². The minimum absolute atomic E-state index is 0.100. The van der Waals surface area contributed by atoms with Crippen LogP contribution in [0.3, 0.4) is 0 Å². The Balaban J connectivity index is 2.60. The van der Waals surface area contributed by atoms with Gasteiger partial charge < -0.3 is 15.4 Å². The topological polar surface area (TPSA) is 87.7 Å². The number of ether oxygens (including phenoxy) is 1. The Hall–Kier alpha value is -1.48. The molecule has 124 valence electrons. The Bertz CT molecular complexity index is 588. The SMILES string of the molecule is COCCNCCNC(=O)c1cccc(S(=O)(=O)N(C)C)c1.